The van der Waals surface area contributed by atoms with Crippen LogP contribution in [0.25, 0.3) is 0 Å². The van der Waals surface area contributed by atoms with Gasteiger partial charge in [-0.1, -0.05) is 24.6 Å². The molecule has 0 amide bonds. The van der Waals surface area contributed by atoms with E-state index in [0.29, 0.717) is 11.1 Å². The molecule has 1 heterocycles. The molecule has 2 rings (SSSR count). The van der Waals surface area contributed by atoms with Crippen molar-refractivity contribution >= 4 is 11.8 Å². The first-order valence-corrected chi connectivity index (χ1v) is 6.16. The fraction of sp³-hybridized carbons (Fsp3) is 0.700. The second-order valence-corrected chi connectivity index (χ2v) is 5.18. The molecule has 1 fully saturated rings. The van der Waals surface area contributed by atoms with Crippen molar-refractivity contribution in [1.29, 1.82) is 5.26 Å². The molecule has 4 nitrogen and oxygen atoms in total. The van der Waals surface area contributed by atoms with Crippen molar-refractivity contribution in [3.05, 3.63) is 5.82 Å². The summed E-state index contributed by atoms with van der Waals surface area (Å²) >= 11 is 1.41. The van der Waals surface area contributed by atoms with E-state index >= 15 is 0 Å². The number of rotatable bonds is 3. The van der Waals surface area contributed by atoms with Gasteiger partial charge in [-0.2, -0.15) is 5.26 Å². The lowest BCUT2D eigenvalue weighted by atomic mass is 10.1. The Kier molecular flexibility index (Phi) is 3.27. The van der Waals surface area contributed by atoms with E-state index in [9.17, 15) is 0 Å². The van der Waals surface area contributed by atoms with Crippen LogP contribution in [0.5, 0.6) is 0 Å². The molecule has 0 aromatic carbocycles. The summed E-state index contributed by atoms with van der Waals surface area (Å²) in [6, 6.07) is 2.16. The summed E-state index contributed by atoms with van der Waals surface area (Å²) in [6.45, 7) is 1.86. The van der Waals surface area contributed by atoms with E-state index in [-0.39, 0.29) is 5.25 Å². The van der Waals surface area contributed by atoms with Gasteiger partial charge in [0, 0.05) is 5.92 Å². The van der Waals surface area contributed by atoms with Crippen LogP contribution in [0.2, 0.25) is 0 Å². The molecule has 1 aromatic heterocycles. The fourth-order valence-corrected chi connectivity index (χ4v) is 2.50. The Morgan fingerprint density at radius 2 is 2.27 bits per heavy atom. The number of aromatic nitrogens is 3. The molecule has 1 aliphatic carbocycles. The van der Waals surface area contributed by atoms with Gasteiger partial charge in [0.05, 0.1) is 11.3 Å². The van der Waals surface area contributed by atoms with Gasteiger partial charge < -0.3 is 0 Å². The zero-order valence-corrected chi connectivity index (χ0v) is 9.55. The Morgan fingerprint density at radius 1 is 1.53 bits per heavy atom. The molecule has 0 bridgehead atoms. The minimum absolute atomic E-state index is 0.0859. The summed E-state index contributed by atoms with van der Waals surface area (Å²) in [6.07, 6.45) is 5.02. The maximum Gasteiger partial charge on any atom is 0.209 e. The van der Waals surface area contributed by atoms with Crippen LogP contribution in [-0.4, -0.2) is 20.4 Å². The van der Waals surface area contributed by atoms with Gasteiger partial charge in [-0.15, -0.1) is 5.10 Å². The van der Waals surface area contributed by atoms with Gasteiger partial charge in [-0.3, -0.25) is 5.10 Å². The van der Waals surface area contributed by atoms with Gasteiger partial charge in [0.2, 0.25) is 5.16 Å². The van der Waals surface area contributed by atoms with Crippen molar-refractivity contribution in [3.63, 3.8) is 0 Å². The molecule has 0 unspecified atom stereocenters. The Morgan fingerprint density at radius 3 is 2.93 bits per heavy atom. The molecule has 15 heavy (non-hydrogen) atoms. The topological polar surface area (TPSA) is 65.4 Å². The molecule has 1 aliphatic rings. The summed E-state index contributed by atoms with van der Waals surface area (Å²) in [5.74, 6) is 1.56. The highest BCUT2D eigenvalue weighted by atomic mass is 32.2. The third kappa shape index (κ3) is 2.51. The number of thioether (sulfide) groups is 1. The van der Waals surface area contributed by atoms with E-state index in [4.69, 9.17) is 5.26 Å². The second kappa shape index (κ2) is 4.67. The van der Waals surface area contributed by atoms with Crippen molar-refractivity contribution in [3.8, 4) is 6.07 Å². The number of nitriles is 1. The predicted molar refractivity (Wildman–Crippen MR) is 58.5 cm³/mol. The Labute approximate surface area is 93.5 Å². The molecular weight excluding hydrogens is 208 g/mol. The predicted octanol–water partition coefficient (Wildman–Crippen LogP) is 2.47. The Balaban J connectivity index is 2.00. The molecule has 5 heteroatoms. The number of nitrogens with one attached hydrogen (secondary N) is 1. The number of nitrogens with zero attached hydrogens (tertiary/aromatic N) is 3. The number of H-pyrrole nitrogens is 1. The minimum atomic E-state index is -0.0859. The van der Waals surface area contributed by atoms with Gasteiger partial charge in [-0.25, -0.2) is 4.98 Å². The first-order valence-electron chi connectivity index (χ1n) is 5.28. The first kappa shape index (κ1) is 10.5. The minimum Gasteiger partial charge on any atom is -0.262 e. The van der Waals surface area contributed by atoms with Crippen molar-refractivity contribution in [2.75, 3.05) is 0 Å². The maximum atomic E-state index is 8.68. The number of hydrogen-bond donors (Lipinski definition) is 1. The third-order valence-corrected chi connectivity index (χ3v) is 3.54. The zero-order chi connectivity index (χ0) is 10.7. The summed E-state index contributed by atoms with van der Waals surface area (Å²) in [5, 5.41) is 16.4. The molecule has 80 valence electrons. The maximum absolute atomic E-state index is 8.68. The molecule has 0 saturated heterocycles. The molecule has 1 saturated carbocycles. The van der Waals surface area contributed by atoms with Crippen LogP contribution in [-0.2, 0) is 0 Å². The van der Waals surface area contributed by atoms with E-state index < -0.39 is 0 Å². The van der Waals surface area contributed by atoms with Crippen LogP contribution in [0.3, 0.4) is 0 Å². The van der Waals surface area contributed by atoms with Crippen LogP contribution < -0.4 is 0 Å². The first-order chi connectivity index (χ1) is 7.29. The van der Waals surface area contributed by atoms with Gasteiger partial charge in [0.15, 0.2) is 0 Å². The smallest absolute Gasteiger partial charge is 0.209 e. The summed E-state index contributed by atoms with van der Waals surface area (Å²) < 4.78 is 0. The average Bonchev–Trinajstić information content (AvgIpc) is 2.85. The van der Waals surface area contributed by atoms with Gasteiger partial charge in [-0.05, 0) is 19.8 Å². The summed E-state index contributed by atoms with van der Waals surface area (Å²) in [5.41, 5.74) is 0. The fourth-order valence-electron chi connectivity index (χ4n) is 1.88. The lowest BCUT2D eigenvalue weighted by Gasteiger charge is -2.01. The number of aromatic amines is 1. The lowest BCUT2D eigenvalue weighted by molar-refractivity contribution is 0.671. The zero-order valence-electron chi connectivity index (χ0n) is 8.73. The SMILES string of the molecule is C[C@@H](C#N)Sc1n[nH]c(C2CCCC2)n1. The van der Waals surface area contributed by atoms with Crippen LogP contribution in [0.15, 0.2) is 5.16 Å². The van der Waals surface area contributed by atoms with Crippen molar-refractivity contribution in [1.82, 2.24) is 15.2 Å². The van der Waals surface area contributed by atoms with Crippen molar-refractivity contribution in [2.45, 2.75) is 48.9 Å². The molecule has 1 atom stereocenters. The molecule has 0 spiro atoms. The quantitative estimate of drug-likeness (QED) is 0.798. The van der Waals surface area contributed by atoms with Gasteiger partial charge >= 0.3 is 0 Å². The highest BCUT2D eigenvalue weighted by Gasteiger charge is 2.21. The largest absolute Gasteiger partial charge is 0.262 e. The van der Waals surface area contributed by atoms with E-state index in [2.05, 4.69) is 21.3 Å². The Hall–Kier alpha value is -1.02. The summed E-state index contributed by atoms with van der Waals surface area (Å²) in [7, 11) is 0. The third-order valence-electron chi connectivity index (χ3n) is 2.69. The monoisotopic (exact) mass is 222 g/mol. The van der Waals surface area contributed by atoms with Crippen molar-refractivity contribution < 1.29 is 0 Å². The molecule has 0 radical (unpaired) electrons. The average molecular weight is 222 g/mol. The van der Waals surface area contributed by atoms with Gasteiger partial charge in [0.1, 0.15) is 5.82 Å². The molecule has 1 N–H and O–H groups in total. The number of hydrogen-bond acceptors (Lipinski definition) is 4. The molecule has 1 aromatic rings. The highest BCUT2D eigenvalue weighted by molar-refractivity contribution is 7.99. The van der Waals surface area contributed by atoms with Crippen LogP contribution >= 0.6 is 11.8 Å². The van der Waals surface area contributed by atoms with E-state index in [1.807, 2.05) is 6.92 Å². The standard InChI is InChI=1S/C10H14N4S/c1-7(6-11)15-10-12-9(13-14-10)8-4-2-3-5-8/h7-8H,2-5H2,1H3,(H,12,13,14)/t7-/m0/s1. The normalized spacial score (nSPS) is 18.9. The van der Waals surface area contributed by atoms with Crippen LogP contribution in [0, 0.1) is 11.3 Å². The molecule has 0 aliphatic heterocycles. The lowest BCUT2D eigenvalue weighted by Crippen LogP contribution is -1.95. The van der Waals surface area contributed by atoms with Gasteiger partial charge in [0.25, 0.3) is 0 Å². The Bertz CT molecular complexity index is 362. The van der Waals surface area contributed by atoms with Crippen LogP contribution in [0.1, 0.15) is 44.3 Å². The highest BCUT2D eigenvalue weighted by Crippen LogP contribution is 2.32. The van der Waals surface area contributed by atoms with Crippen LogP contribution in [0.4, 0.5) is 0 Å². The summed E-state index contributed by atoms with van der Waals surface area (Å²) in [4.78, 5) is 4.43. The second-order valence-electron chi connectivity index (χ2n) is 3.87. The van der Waals surface area contributed by atoms with E-state index in [0.717, 1.165) is 5.82 Å². The van der Waals surface area contributed by atoms with E-state index in [1.165, 1.54) is 37.4 Å². The molecular formula is C10H14N4S. The van der Waals surface area contributed by atoms with Crippen molar-refractivity contribution in [2.24, 2.45) is 0 Å². The van der Waals surface area contributed by atoms with E-state index in [1.54, 1.807) is 0 Å².